The number of carbonyl (C=O) groups excluding carboxylic acids is 1. The van der Waals surface area contributed by atoms with E-state index in [2.05, 4.69) is 0 Å². The monoisotopic (exact) mass is 475 g/mol. The van der Waals surface area contributed by atoms with Crippen molar-refractivity contribution >= 4 is 27.0 Å². The van der Waals surface area contributed by atoms with E-state index in [1.807, 2.05) is 6.92 Å². The average Bonchev–Trinajstić information content (AvgIpc) is 3.17. The lowest BCUT2D eigenvalue weighted by Gasteiger charge is -2.34. The van der Waals surface area contributed by atoms with Crippen LogP contribution >= 0.6 is 0 Å². The minimum Gasteiger partial charge on any atom is -0.497 e. The quantitative estimate of drug-likeness (QED) is 0.534. The third kappa shape index (κ3) is 4.21. The van der Waals surface area contributed by atoms with Crippen LogP contribution in [0.2, 0.25) is 0 Å². The number of nitrogens with zero attached hydrogens (tertiary/aromatic N) is 3. The molecule has 0 saturated carbocycles. The number of oxazole rings is 1. The van der Waals surface area contributed by atoms with Gasteiger partial charge in [-0.3, -0.25) is 9.36 Å². The third-order valence-electron chi connectivity index (χ3n) is 5.72. The summed E-state index contributed by atoms with van der Waals surface area (Å²) in [5.74, 6) is 0.243. The molecule has 1 aromatic heterocycles. The first-order chi connectivity index (χ1) is 15.8. The zero-order valence-corrected chi connectivity index (χ0v) is 19.4. The van der Waals surface area contributed by atoms with Gasteiger partial charge in [0.1, 0.15) is 11.5 Å². The molecule has 11 heteroatoms. The summed E-state index contributed by atoms with van der Waals surface area (Å²) < 4.78 is 44.8. The predicted molar refractivity (Wildman–Crippen MR) is 120 cm³/mol. The summed E-state index contributed by atoms with van der Waals surface area (Å²) in [4.78, 5) is 26.5. The van der Waals surface area contributed by atoms with Gasteiger partial charge in [0.05, 0.1) is 24.6 Å². The number of hydrogen-bond acceptors (Lipinski definition) is 7. The summed E-state index contributed by atoms with van der Waals surface area (Å²) in [6, 6.07) is 9.34. The maximum atomic E-state index is 13.2. The van der Waals surface area contributed by atoms with E-state index >= 15 is 0 Å². The van der Waals surface area contributed by atoms with Gasteiger partial charge in [-0.25, -0.2) is 13.2 Å². The highest BCUT2D eigenvalue weighted by Crippen LogP contribution is 2.25. The Bertz CT molecular complexity index is 1330. The largest absolute Gasteiger partial charge is 0.497 e. The van der Waals surface area contributed by atoms with E-state index in [0.717, 1.165) is 0 Å². The molecule has 1 aliphatic rings. The number of sulfonamides is 1. The standard InChI is InChI=1S/C22H25N3O7S/c1-4-25-19-6-5-18(14-20(19)32-22(25)27)33(28,29)24-9-7-23(8-10-24)21(26)15-11-16(30-2)13-17(12-15)31-3/h5-6,11-14H,4,7-10H2,1-3H3. The van der Waals surface area contributed by atoms with E-state index in [9.17, 15) is 18.0 Å². The minimum atomic E-state index is -3.81. The highest BCUT2D eigenvalue weighted by Gasteiger charge is 2.31. The van der Waals surface area contributed by atoms with Crippen molar-refractivity contribution in [2.75, 3.05) is 40.4 Å². The van der Waals surface area contributed by atoms with Gasteiger partial charge in [-0.05, 0) is 31.2 Å². The molecule has 10 nitrogen and oxygen atoms in total. The second-order valence-electron chi connectivity index (χ2n) is 7.54. The van der Waals surface area contributed by atoms with E-state index in [0.29, 0.717) is 29.1 Å². The summed E-state index contributed by atoms with van der Waals surface area (Å²) in [7, 11) is -0.802. The Morgan fingerprint density at radius 2 is 1.64 bits per heavy atom. The number of ether oxygens (including phenoxy) is 2. The lowest BCUT2D eigenvalue weighted by Crippen LogP contribution is -2.50. The molecule has 0 N–H and O–H groups in total. The molecule has 176 valence electrons. The van der Waals surface area contributed by atoms with E-state index in [1.165, 1.54) is 35.2 Å². The summed E-state index contributed by atoms with van der Waals surface area (Å²) in [6.45, 7) is 3.00. The first-order valence-electron chi connectivity index (χ1n) is 10.4. The molecule has 1 aliphatic heterocycles. The van der Waals surface area contributed by atoms with Crippen molar-refractivity contribution in [2.24, 2.45) is 0 Å². The van der Waals surface area contributed by atoms with Crippen LogP contribution in [-0.2, 0) is 16.6 Å². The molecule has 0 spiro atoms. The second-order valence-corrected chi connectivity index (χ2v) is 9.48. The highest BCUT2D eigenvalue weighted by atomic mass is 32.2. The van der Waals surface area contributed by atoms with E-state index in [-0.39, 0.29) is 42.6 Å². The van der Waals surface area contributed by atoms with Crippen LogP contribution in [-0.4, -0.2) is 68.5 Å². The number of methoxy groups -OCH3 is 2. The Balaban J connectivity index is 1.51. The van der Waals surface area contributed by atoms with Gasteiger partial charge >= 0.3 is 5.76 Å². The second kappa shape index (κ2) is 8.91. The number of aromatic nitrogens is 1. The Kier molecular flexibility index (Phi) is 6.17. The third-order valence-corrected chi connectivity index (χ3v) is 7.61. The summed E-state index contributed by atoms with van der Waals surface area (Å²) in [5, 5.41) is 0. The molecular formula is C22H25N3O7S. The van der Waals surface area contributed by atoms with Crippen LogP contribution in [0.1, 0.15) is 17.3 Å². The molecule has 0 bridgehead atoms. The van der Waals surface area contributed by atoms with Crippen LogP contribution in [0.5, 0.6) is 11.5 Å². The van der Waals surface area contributed by atoms with Crippen molar-refractivity contribution in [3.8, 4) is 11.5 Å². The Morgan fingerprint density at radius 1 is 1.00 bits per heavy atom. The van der Waals surface area contributed by atoms with Crippen LogP contribution in [0.15, 0.2) is 50.5 Å². The van der Waals surface area contributed by atoms with Crippen molar-refractivity contribution in [3.63, 3.8) is 0 Å². The fourth-order valence-corrected chi connectivity index (χ4v) is 5.34. The Hall–Kier alpha value is -3.31. The number of amides is 1. The van der Waals surface area contributed by atoms with Gasteiger partial charge < -0.3 is 18.8 Å². The molecule has 0 radical (unpaired) electrons. The summed E-state index contributed by atoms with van der Waals surface area (Å²) in [6.07, 6.45) is 0. The number of carbonyl (C=O) groups is 1. The molecule has 2 aromatic carbocycles. The van der Waals surface area contributed by atoms with Gasteiger partial charge in [0, 0.05) is 50.4 Å². The minimum absolute atomic E-state index is 0.0457. The van der Waals surface area contributed by atoms with Gasteiger partial charge in [-0.2, -0.15) is 4.31 Å². The fourth-order valence-electron chi connectivity index (χ4n) is 3.90. The maximum absolute atomic E-state index is 13.2. The molecule has 1 amide bonds. The van der Waals surface area contributed by atoms with Crippen LogP contribution in [0.4, 0.5) is 0 Å². The molecule has 1 fully saturated rings. The molecule has 4 rings (SSSR count). The van der Waals surface area contributed by atoms with Gasteiger partial charge in [0.25, 0.3) is 5.91 Å². The normalized spacial score (nSPS) is 15.1. The average molecular weight is 476 g/mol. The number of rotatable bonds is 6. The van der Waals surface area contributed by atoms with Crippen LogP contribution < -0.4 is 15.2 Å². The number of fused-ring (bicyclic) bond motifs is 1. The smallest absolute Gasteiger partial charge is 0.419 e. The predicted octanol–water partition coefficient (Wildman–Crippen LogP) is 1.78. The first kappa shape index (κ1) is 22.9. The number of hydrogen-bond donors (Lipinski definition) is 0. The topological polar surface area (TPSA) is 111 Å². The molecule has 0 atom stereocenters. The number of benzene rings is 2. The number of aryl methyl sites for hydroxylation is 1. The maximum Gasteiger partial charge on any atom is 0.419 e. The SMILES string of the molecule is CCn1c(=O)oc2cc(S(=O)(=O)N3CCN(C(=O)c4cc(OC)cc(OC)c4)CC3)ccc21. The molecule has 1 saturated heterocycles. The summed E-state index contributed by atoms with van der Waals surface area (Å²) >= 11 is 0. The molecule has 0 unspecified atom stereocenters. The zero-order valence-electron chi connectivity index (χ0n) is 18.6. The van der Waals surface area contributed by atoms with Crippen molar-refractivity contribution in [2.45, 2.75) is 18.4 Å². The van der Waals surface area contributed by atoms with E-state index < -0.39 is 15.8 Å². The van der Waals surface area contributed by atoms with Gasteiger partial charge in [0.2, 0.25) is 10.0 Å². The molecule has 33 heavy (non-hydrogen) atoms. The van der Waals surface area contributed by atoms with Gasteiger partial charge in [0.15, 0.2) is 5.58 Å². The van der Waals surface area contributed by atoms with Crippen molar-refractivity contribution < 1.29 is 27.1 Å². The van der Waals surface area contributed by atoms with E-state index in [4.69, 9.17) is 13.9 Å². The first-order valence-corrected chi connectivity index (χ1v) is 11.9. The van der Waals surface area contributed by atoms with Crippen LogP contribution in [0, 0.1) is 0 Å². The van der Waals surface area contributed by atoms with Crippen molar-refractivity contribution in [1.29, 1.82) is 0 Å². The van der Waals surface area contributed by atoms with E-state index in [1.54, 1.807) is 29.2 Å². The highest BCUT2D eigenvalue weighted by molar-refractivity contribution is 7.89. The van der Waals surface area contributed by atoms with Crippen LogP contribution in [0.3, 0.4) is 0 Å². The Morgan fingerprint density at radius 3 is 2.21 bits per heavy atom. The lowest BCUT2D eigenvalue weighted by atomic mass is 10.1. The van der Waals surface area contributed by atoms with Gasteiger partial charge in [-0.15, -0.1) is 0 Å². The number of piperazine rings is 1. The molecule has 0 aliphatic carbocycles. The lowest BCUT2D eigenvalue weighted by molar-refractivity contribution is 0.0697. The van der Waals surface area contributed by atoms with Crippen molar-refractivity contribution in [3.05, 3.63) is 52.5 Å². The van der Waals surface area contributed by atoms with Gasteiger partial charge in [-0.1, -0.05) is 0 Å². The molecule has 2 heterocycles. The van der Waals surface area contributed by atoms with Crippen LogP contribution in [0.25, 0.3) is 11.1 Å². The summed E-state index contributed by atoms with van der Waals surface area (Å²) in [5.41, 5.74) is 1.18. The Labute approximate surface area is 191 Å². The molecular weight excluding hydrogens is 450 g/mol. The zero-order chi connectivity index (χ0) is 23.8. The van der Waals surface area contributed by atoms with Crippen molar-refractivity contribution in [1.82, 2.24) is 13.8 Å². The fraction of sp³-hybridized carbons (Fsp3) is 0.364. The molecule has 3 aromatic rings.